The lowest BCUT2D eigenvalue weighted by Gasteiger charge is -2.26. The van der Waals surface area contributed by atoms with Crippen LogP contribution in [-0.2, 0) is 24.8 Å². The van der Waals surface area contributed by atoms with Gasteiger partial charge in [-0.2, -0.15) is 4.31 Å². The minimum atomic E-state index is -4.16. The van der Waals surface area contributed by atoms with Crippen molar-refractivity contribution in [2.45, 2.75) is 36.0 Å². The number of aryl methyl sites for hydroxylation is 1. The number of hydrogen-bond donors (Lipinski definition) is 1. The fourth-order valence-electron chi connectivity index (χ4n) is 4.30. The van der Waals surface area contributed by atoms with Gasteiger partial charge in [0.15, 0.2) is 0 Å². The van der Waals surface area contributed by atoms with Crippen LogP contribution in [0.25, 0.3) is 0 Å². The van der Waals surface area contributed by atoms with Gasteiger partial charge < -0.3 is 10.1 Å². The molecule has 12 heteroatoms. The topological polar surface area (TPSA) is 113 Å². The standard InChI is InChI=1S/C27H30ClN3O6S2/c1-20-9-11-23(12-10-20)39(35,36)31(22-8-6-7-21(28)17-22)19-27(32)29-25-18-24(13-14-26(25)37-2)38(33,34)30-15-4-3-5-16-30/h6-14,17-18H,3-5,15-16,19H2,1-2H3,(H,29,32). The quantitative estimate of drug-likeness (QED) is 0.387. The third kappa shape index (κ3) is 6.55. The lowest BCUT2D eigenvalue weighted by molar-refractivity contribution is -0.114. The molecule has 3 aromatic carbocycles. The molecule has 1 fully saturated rings. The number of halogens is 1. The molecule has 1 amide bonds. The lowest BCUT2D eigenvalue weighted by Crippen LogP contribution is -2.38. The molecule has 1 saturated heterocycles. The van der Waals surface area contributed by atoms with Crippen LogP contribution in [0.1, 0.15) is 24.8 Å². The van der Waals surface area contributed by atoms with Gasteiger partial charge in [0.2, 0.25) is 15.9 Å². The Labute approximate surface area is 234 Å². The van der Waals surface area contributed by atoms with Crippen molar-refractivity contribution < 1.29 is 26.4 Å². The Balaban J connectivity index is 1.65. The van der Waals surface area contributed by atoms with Crippen molar-refractivity contribution >= 4 is 48.9 Å². The van der Waals surface area contributed by atoms with Crippen LogP contribution in [0.3, 0.4) is 0 Å². The molecule has 0 aliphatic carbocycles. The van der Waals surface area contributed by atoms with Crippen molar-refractivity contribution in [3.05, 3.63) is 77.3 Å². The molecule has 0 saturated carbocycles. The van der Waals surface area contributed by atoms with Crippen LogP contribution < -0.4 is 14.4 Å². The number of carbonyl (C=O) groups is 1. The zero-order valence-electron chi connectivity index (χ0n) is 21.6. The number of nitrogens with zero attached hydrogens (tertiary/aromatic N) is 2. The van der Waals surface area contributed by atoms with E-state index in [9.17, 15) is 21.6 Å². The zero-order valence-corrected chi connectivity index (χ0v) is 24.0. The first-order chi connectivity index (χ1) is 18.5. The highest BCUT2D eigenvalue weighted by Crippen LogP contribution is 2.31. The van der Waals surface area contributed by atoms with Gasteiger partial charge in [-0.1, -0.05) is 41.8 Å². The number of sulfonamides is 2. The second-order valence-electron chi connectivity index (χ2n) is 9.18. The highest BCUT2D eigenvalue weighted by atomic mass is 35.5. The van der Waals surface area contributed by atoms with Gasteiger partial charge in [0.25, 0.3) is 10.0 Å². The summed E-state index contributed by atoms with van der Waals surface area (Å²) in [6.07, 6.45) is 2.55. The maximum absolute atomic E-state index is 13.6. The lowest BCUT2D eigenvalue weighted by atomic mass is 10.2. The Morgan fingerprint density at radius 1 is 0.949 bits per heavy atom. The Morgan fingerprint density at radius 3 is 2.26 bits per heavy atom. The number of hydrogen-bond acceptors (Lipinski definition) is 6. The molecule has 39 heavy (non-hydrogen) atoms. The molecule has 3 aromatic rings. The van der Waals surface area contributed by atoms with E-state index in [2.05, 4.69) is 5.32 Å². The summed E-state index contributed by atoms with van der Waals surface area (Å²) in [5.41, 5.74) is 1.19. The van der Waals surface area contributed by atoms with E-state index in [0.29, 0.717) is 18.1 Å². The Bertz CT molecular complexity index is 1550. The number of amides is 1. The van der Waals surface area contributed by atoms with Gasteiger partial charge in [0.1, 0.15) is 12.3 Å². The van der Waals surface area contributed by atoms with Crippen molar-refractivity contribution in [3.8, 4) is 5.75 Å². The Morgan fingerprint density at radius 2 is 1.62 bits per heavy atom. The molecule has 0 unspecified atom stereocenters. The van der Waals surface area contributed by atoms with E-state index in [1.54, 1.807) is 24.3 Å². The number of nitrogens with one attached hydrogen (secondary N) is 1. The van der Waals surface area contributed by atoms with Crippen LogP contribution in [0.15, 0.2) is 76.5 Å². The highest BCUT2D eigenvalue weighted by Gasteiger charge is 2.29. The monoisotopic (exact) mass is 591 g/mol. The van der Waals surface area contributed by atoms with Gasteiger partial charge in [-0.25, -0.2) is 16.8 Å². The predicted octanol–water partition coefficient (Wildman–Crippen LogP) is 4.67. The molecule has 1 aliphatic heterocycles. The highest BCUT2D eigenvalue weighted by molar-refractivity contribution is 7.92. The number of benzene rings is 3. The number of carbonyl (C=O) groups excluding carboxylic acids is 1. The maximum Gasteiger partial charge on any atom is 0.264 e. The number of piperidine rings is 1. The van der Waals surface area contributed by atoms with E-state index in [-0.39, 0.29) is 26.9 Å². The minimum absolute atomic E-state index is 0.00748. The maximum atomic E-state index is 13.6. The number of anilines is 2. The largest absolute Gasteiger partial charge is 0.495 e. The van der Waals surface area contributed by atoms with Gasteiger partial charge >= 0.3 is 0 Å². The van der Waals surface area contributed by atoms with Crippen molar-refractivity contribution in [1.29, 1.82) is 0 Å². The van der Waals surface area contributed by atoms with Gasteiger partial charge in [0.05, 0.1) is 28.3 Å². The molecule has 0 bridgehead atoms. The molecular formula is C27H30ClN3O6S2. The summed E-state index contributed by atoms with van der Waals surface area (Å²) >= 11 is 6.14. The fraction of sp³-hybridized carbons (Fsp3) is 0.296. The molecular weight excluding hydrogens is 562 g/mol. The second kappa shape index (κ2) is 12.0. The normalized spacial score (nSPS) is 14.5. The molecule has 1 heterocycles. The van der Waals surface area contributed by atoms with E-state index in [1.165, 1.54) is 53.9 Å². The van der Waals surface area contributed by atoms with Crippen molar-refractivity contribution in [3.63, 3.8) is 0 Å². The Kier molecular flexibility index (Phi) is 8.85. The molecule has 0 spiro atoms. The molecule has 208 valence electrons. The van der Waals surface area contributed by atoms with Crippen LogP contribution in [0.2, 0.25) is 5.02 Å². The van der Waals surface area contributed by atoms with Crippen LogP contribution in [0.5, 0.6) is 5.75 Å². The van der Waals surface area contributed by atoms with Gasteiger partial charge in [-0.3, -0.25) is 9.10 Å². The summed E-state index contributed by atoms with van der Waals surface area (Å²) in [5, 5.41) is 2.94. The van der Waals surface area contributed by atoms with E-state index in [0.717, 1.165) is 29.1 Å². The van der Waals surface area contributed by atoms with Gasteiger partial charge in [0, 0.05) is 18.1 Å². The van der Waals surface area contributed by atoms with E-state index in [4.69, 9.17) is 16.3 Å². The van der Waals surface area contributed by atoms with Gasteiger partial charge in [-0.05, 0) is 68.3 Å². The molecule has 0 aromatic heterocycles. The SMILES string of the molecule is COc1ccc(S(=O)(=O)N2CCCCC2)cc1NC(=O)CN(c1cccc(Cl)c1)S(=O)(=O)c1ccc(C)cc1. The predicted molar refractivity (Wildman–Crippen MR) is 151 cm³/mol. The van der Waals surface area contributed by atoms with Gasteiger partial charge in [-0.15, -0.1) is 0 Å². The van der Waals surface area contributed by atoms with Crippen LogP contribution in [-0.4, -0.2) is 53.8 Å². The summed E-state index contributed by atoms with van der Waals surface area (Å²) in [6.45, 7) is 2.11. The average Bonchev–Trinajstić information content (AvgIpc) is 2.92. The summed E-state index contributed by atoms with van der Waals surface area (Å²) < 4.78 is 61.4. The summed E-state index contributed by atoms with van der Waals surface area (Å²) in [6, 6.07) is 16.7. The Hall–Kier alpha value is -3.12. The molecule has 1 aliphatic rings. The summed E-state index contributed by atoms with van der Waals surface area (Å²) in [4.78, 5) is 13.3. The van der Waals surface area contributed by atoms with Crippen molar-refractivity contribution in [2.75, 3.05) is 36.4 Å². The average molecular weight is 592 g/mol. The summed E-state index contributed by atoms with van der Waals surface area (Å²) in [5.74, 6) is -0.465. The third-order valence-corrected chi connectivity index (χ3v) is 10.3. The first kappa shape index (κ1) is 28.9. The first-order valence-electron chi connectivity index (χ1n) is 12.4. The zero-order chi connectivity index (χ0) is 28.2. The van der Waals surface area contributed by atoms with Crippen molar-refractivity contribution in [2.24, 2.45) is 0 Å². The van der Waals surface area contributed by atoms with Crippen molar-refractivity contribution in [1.82, 2.24) is 4.31 Å². The van der Waals surface area contributed by atoms with Crippen LogP contribution in [0, 0.1) is 6.92 Å². The smallest absolute Gasteiger partial charge is 0.264 e. The second-order valence-corrected chi connectivity index (χ2v) is 13.4. The molecule has 4 rings (SSSR count). The number of rotatable bonds is 9. The molecule has 9 nitrogen and oxygen atoms in total. The van der Waals surface area contributed by atoms with Crippen LogP contribution >= 0.6 is 11.6 Å². The van der Waals surface area contributed by atoms with E-state index >= 15 is 0 Å². The van der Waals surface area contributed by atoms with E-state index < -0.39 is 32.5 Å². The van der Waals surface area contributed by atoms with Crippen LogP contribution in [0.4, 0.5) is 11.4 Å². The molecule has 1 N–H and O–H groups in total. The molecule has 0 atom stereocenters. The summed E-state index contributed by atoms with van der Waals surface area (Å²) in [7, 11) is -6.54. The number of ether oxygens (including phenoxy) is 1. The third-order valence-electron chi connectivity index (χ3n) is 6.39. The first-order valence-corrected chi connectivity index (χ1v) is 15.6. The fourth-order valence-corrected chi connectivity index (χ4v) is 7.44. The molecule has 0 radical (unpaired) electrons. The minimum Gasteiger partial charge on any atom is -0.495 e. The van der Waals surface area contributed by atoms with E-state index in [1.807, 2.05) is 6.92 Å². The number of methoxy groups -OCH3 is 1.